The molecule has 6 heteroatoms. The van der Waals surface area contributed by atoms with E-state index in [1.165, 1.54) is 0 Å². The molecule has 0 bridgehead atoms. The first-order chi connectivity index (χ1) is 11.5. The lowest BCUT2D eigenvalue weighted by atomic mass is 9.99. The molecule has 2 rings (SSSR count). The van der Waals surface area contributed by atoms with Crippen molar-refractivity contribution in [2.45, 2.75) is 58.7 Å². The van der Waals surface area contributed by atoms with Crippen LogP contribution in [0, 0.1) is 0 Å². The number of alkyl carbamates (subject to hydrolysis) is 1. The van der Waals surface area contributed by atoms with E-state index < -0.39 is 17.2 Å². The smallest absolute Gasteiger partial charge is 0.408 e. The van der Waals surface area contributed by atoms with Crippen LogP contribution in [0.5, 0.6) is 0 Å². The molecule has 0 radical (unpaired) electrons. The van der Waals surface area contributed by atoms with Crippen LogP contribution in [-0.4, -0.2) is 26.8 Å². The van der Waals surface area contributed by atoms with Gasteiger partial charge in [-0.1, -0.05) is 23.7 Å². The molecule has 1 aromatic heterocycles. The quantitative estimate of drug-likeness (QED) is 0.854. The van der Waals surface area contributed by atoms with Crippen LogP contribution in [0.25, 0.3) is 0 Å². The maximum Gasteiger partial charge on any atom is 0.408 e. The molecule has 1 N–H and O–H groups in total. The van der Waals surface area contributed by atoms with Crippen molar-refractivity contribution in [2.24, 2.45) is 0 Å². The van der Waals surface area contributed by atoms with E-state index in [0.717, 1.165) is 16.3 Å². The monoisotopic (exact) mass is 363 g/mol. The van der Waals surface area contributed by atoms with Gasteiger partial charge in [0.2, 0.25) is 0 Å². The van der Waals surface area contributed by atoms with Crippen molar-refractivity contribution in [3.63, 3.8) is 0 Å². The van der Waals surface area contributed by atoms with Crippen molar-refractivity contribution in [2.75, 3.05) is 0 Å². The molecule has 1 aromatic carbocycles. The molecule has 0 aliphatic heterocycles. The van der Waals surface area contributed by atoms with Crippen LogP contribution in [0.3, 0.4) is 0 Å². The van der Waals surface area contributed by atoms with E-state index in [0.29, 0.717) is 13.0 Å². The van der Waals surface area contributed by atoms with E-state index in [2.05, 4.69) is 14.9 Å². The highest BCUT2D eigenvalue weighted by Crippen LogP contribution is 2.17. The van der Waals surface area contributed by atoms with Crippen LogP contribution in [0.1, 0.15) is 45.9 Å². The summed E-state index contributed by atoms with van der Waals surface area (Å²) < 4.78 is 7.42. The molecule has 0 atom stereocenters. The third-order valence-corrected chi connectivity index (χ3v) is 3.78. The molecule has 0 unspecified atom stereocenters. The van der Waals surface area contributed by atoms with Gasteiger partial charge >= 0.3 is 6.09 Å². The number of nitrogens with one attached hydrogen (secondary N) is 1. The summed E-state index contributed by atoms with van der Waals surface area (Å²) in [7, 11) is 0. The summed E-state index contributed by atoms with van der Waals surface area (Å²) in [6.45, 7) is 10.2. The molecular weight excluding hydrogens is 338 g/mol. The maximum atomic E-state index is 12.0. The normalized spacial score (nSPS) is 12.1. The first kappa shape index (κ1) is 19.3. The maximum absolute atomic E-state index is 12.0. The van der Waals surface area contributed by atoms with Gasteiger partial charge in [0.05, 0.1) is 6.33 Å². The molecule has 0 spiro atoms. The van der Waals surface area contributed by atoms with Crippen LogP contribution in [0.2, 0.25) is 5.02 Å². The average Bonchev–Trinajstić information content (AvgIpc) is 2.84. The Morgan fingerprint density at radius 1 is 1.20 bits per heavy atom. The first-order valence-corrected chi connectivity index (χ1v) is 8.66. The second-order valence-electron chi connectivity index (χ2n) is 7.83. The number of imidazole rings is 1. The lowest BCUT2D eigenvalue weighted by molar-refractivity contribution is 0.0471. The number of ether oxygens (including phenoxy) is 1. The Morgan fingerprint density at radius 2 is 1.84 bits per heavy atom. The molecule has 25 heavy (non-hydrogen) atoms. The number of nitrogens with zero attached hydrogens (tertiary/aromatic N) is 2. The van der Waals surface area contributed by atoms with Crippen molar-refractivity contribution in [3.8, 4) is 0 Å². The Labute approximate surface area is 154 Å². The minimum absolute atomic E-state index is 0.415. The van der Waals surface area contributed by atoms with Gasteiger partial charge in [0.25, 0.3) is 0 Å². The van der Waals surface area contributed by atoms with Crippen molar-refractivity contribution >= 4 is 17.7 Å². The summed E-state index contributed by atoms with van der Waals surface area (Å²) in [5, 5.41) is 3.65. The summed E-state index contributed by atoms with van der Waals surface area (Å²) in [6.07, 6.45) is 3.85. The molecule has 1 amide bonds. The average molecular weight is 364 g/mol. The molecular formula is C19H26ClN3O2. The highest BCUT2D eigenvalue weighted by Gasteiger charge is 2.26. The van der Waals surface area contributed by atoms with Crippen molar-refractivity contribution < 1.29 is 9.53 Å². The van der Waals surface area contributed by atoms with Gasteiger partial charge in [-0.3, -0.25) is 0 Å². The topological polar surface area (TPSA) is 56.2 Å². The second kappa shape index (κ2) is 7.48. The highest BCUT2D eigenvalue weighted by molar-refractivity contribution is 6.30. The fourth-order valence-electron chi connectivity index (χ4n) is 2.50. The van der Waals surface area contributed by atoms with E-state index in [9.17, 15) is 4.79 Å². The number of halogens is 1. The van der Waals surface area contributed by atoms with E-state index in [1.54, 1.807) is 6.33 Å². The fraction of sp³-hybridized carbons (Fsp3) is 0.474. The van der Waals surface area contributed by atoms with Gasteiger partial charge in [0, 0.05) is 35.4 Å². The van der Waals surface area contributed by atoms with Gasteiger partial charge in [-0.05, 0) is 52.3 Å². The first-order valence-electron chi connectivity index (χ1n) is 8.29. The number of hydrogen-bond donors (Lipinski definition) is 1. The zero-order valence-electron chi connectivity index (χ0n) is 15.5. The minimum Gasteiger partial charge on any atom is -0.444 e. The Balaban J connectivity index is 2.03. The van der Waals surface area contributed by atoms with E-state index in [1.807, 2.05) is 65.1 Å². The standard InChI is InChI=1S/C19H26ClN3O2/c1-18(2,3)25-17(24)22-19(4,5)10-16-11-21-13-23(16)12-14-6-8-15(20)9-7-14/h6-9,11,13H,10,12H2,1-5H3,(H,22,24). The van der Waals surface area contributed by atoms with E-state index in [4.69, 9.17) is 16.3 Å². The summed E-state index contributed by atoms with van der Waals surface area (Å²) in [5.41, 5.74) is 1.20. The SMILES string of the molecule is CC(C)(Cc1cncn1Cc1ccc(Cl)cc1)NC(=O)OC(C)(C)C. The zero-order chi connectivity index (χ0) is 18.7. The van der Waals surface area contributed by atoms with Crippen molar-refractivity contribution in [3.05, 3.63) is 53.1 Å². The minimum atomic E-state index is -0.517. The van der Waals surface area contributed by atoms with Gasteiger partial charge in [0.1, 0.15) is 5.60 Å². The largest absolute Gasteiger partial charge is 0.444 e. The molecule has 0 saturated carbocycles. The Bertz CT molecular complexity index is 715. The number of aromatic nitrogens is 2. The van der Waals surface area contributed by atoms with Crippen LogP contribution >= 0.6 is 11.6 Å². The van der Waals surface area contributed by atoms with Crippen LogP contribution in [0.4, 0.5) is 4.79 Å². The third-order valence-electron chi connectivity index (χ3n) is 3.53. The number of benzene rings is 1. The van der Waals surface area contributed by atoms with Gasteiger partial charge in [-0.2, -0.15) is 0 Å². The molecule has 0 aliphatic carbocycles. The van der Waals surface area contributed by atoms with E-state index in [-0.39, 0.29) is 0 Å². The lowest BCUT2D eigenvalue weighted by Gasteiger charge is -2.29. The number of hydrogen-bond acceptors (Lipinski definition) is 3. The van der Waals surface area contributed by atoms with Gasteiger partial charge in [-0.15, -0.1) is 0 Å². The van der Waals surface area contributed by atoms with Crippen LogP contribution < -0.4 is 5.32 Å². The Hall–Kier alpha value is -2.01. The van der Waals surface area contributed by atoms with Gasteiger partial charge in [-0.25, -0.2) is 9.78 Å². The molecule has 5 nitrogen and oxygen atoms in total. The molecule has 0 aliphatic rings. The molecule has 0 saturated heterocycles. The number of amides is 1. The number of rotatable bonds is 5. The summed E-state index contributed by atoms with van der Waals surface area (Å²) in [5.74, 6) is 0. The fourth-order valence-corrected chi connectivity index (χ4v) is 2.63. The highest BCUT2D eigenvalue weighted by atomic mass is 35.5. The van der Waals surface area contributed by atoms with Crippen molar-refractivity contribution in [1.82, 2.24) is 14.9 Å². The molecule has 136 valence electrons. The predicted molar refractivity (Wildman–Crippen MR) is 99.9 cm³/mol. The summed E-state index contributed by atoms with van der Waals surface area (Å²) >= 11 is 5.93. The third kappa shape index (κ3) is 6.42. The zero-order valence-corrected chi connectivity index (χ0v) is 16.2. The predicted octanol–water partition coefficient (Wildman–Crippen LogP) is 4.43. The van der Waals surface area contributed by atoms with Gasteiger partial charge < -0.3 is 14.6 Å². The van der Waals surface area contributed by atoms with Crippen molar-refractivity contribution in [1.29, 1.82) is 0 Å². The number of carbonyl (C=O) groups excluding carboxylic acids is 1. The molecule has 0 fully saturated rings. The summed E-state index contributed by atoms with van der Waals surface area (Å²) in [4.78, 5) is 16.3. The lowest BCUT2D eigenvalue weighted by Crippen LogP contribution is -2.47. The number of carbonyl (C=O) groups is 1. The van der Waals surface area contributed by atoms with Crippen LogP contribution in [-0.2, 0) is 17.7 Å². The van der Waals surface area contributed by atoms with E-state index >= 15 is 0 Å². The Morgan fingerprint density at radius 3 is 2.44 bits per heavy atom. The molecule has 2 aromatic rings. The second-order valence-corrected chi connectivity index (χ2v) is 8.26. The van der Waals surface area contributed by atoms with Gasteiger partial charge in [0.15, 0.2) is 0 Å². The molecule has 1 heterocycles. The Kier molecular flexibility index (Phi) is 5.78. The summed E-state index contributed by atoms with van der Waals surface area (Å²) in [6, 6.07) is 7.75. The van der Waals surface area contributed by atoms with Crippen LogP contribution in [0.15, 0.2) is 36.8 Å².